The highest BCUT2D eigenvalue weighted by Gasteiger charge is 2.49. The lowest BCUT2D eigenvalue weighted by Crippen LogP contribution is -2.68. The molecule has 0 aliphatic carbocycles. The van der Waals surface area contributed by atoms with Gasteiger partial charge in [0, 0.05) is 50.2 Å². The molecule has 6 nitrogen and oxygen atoms in total. The van der Waals surface area contributed by atoms with Gasteiger partial charge in [0.05, 0.1) is 0 Å². The lowest BCUT2D eigenvalue weighted by Gasteiger charge is -2.31. The van der Waals surface area contributed by atoms with E-state index in [9.17, 15) is 4.91 Å². The minimum atomic E-state index is -4.94. The molecule has 1 fully saturated rings. The van der Waals surface area contributed by atoms with Crippen LogP contribution in [0.4, 0.5) is 0 Å². The zero-order valence-corrected chi connectivity index (χ0v) is 10.7. The van der Waals surface area contributed by atoms with Gasteiger partial charge in [0.15, 0.2) is 0 Å². The molecule has 0 bridgehead atoms. The monoisotopic (exact) mass is 255 g/mol. The van der Waals surface area contributed by atoms with Crippen molar-refractivity contribution in [1.29, 1.82) is 0 Å². The molecule has 0 aromatic heterocycles. The maximum absolute atomic E-state index is 11.7. The summed E-state index contributed by atoms with van der Waals surface area (Å²) in [7, 11) is -4.94. The third-order valence-corrected chi connectivity index (χ3v) is 2.68. The van der Waals surface area contributed by atoms with Gasteiger partial charge in [0.1, 0.15) is 0 Å². The van der Waals surface area contributed by atoms with Crippen molar-refractivity contribution < 1.29 is 33.6 Å². The quantitative estimate of drug-likeness (QED) is 0.454. The van der Waals surface area contributed by atoms with E-state index in [4.69, 9.17) is 18.6 Å². The van der Waals surface area contributed by atoms with Crippen LogP contribution in [-0.4, -0.2) is 15.8 Å². The van der Waals surface area contributed by atoms with E-state index in [1.54, 1.807) is 0 Å². The average molecular weight is 256 g/mol. The van der Waals surface area contributed by atoms with Crippen molar-refractivity contribution in [2.24, 2.45) is 0 Å². The summed E-state index contributed by atoms with van der Waals surface area (Å²) in [4.78, 5) is 11.7. The van der Waals surface area contributed by atoms with Gasteiger partial charge in [-0.2, -0.15) is 0 Å². The summed E-state index contributed by atoms with van der Waals surface area (Å²) in [5.74, 6) is 0. The normalized spacial score (nSPS) is 23.4. The number of piperidine rings is 1. The van der Waals surface area contributed by atoms with Gasteiger partial charge >= 0.3 is 0 Å². The molecule has 0 amide bonds. The Balaban J connectivity index is 0.000000385. The molecule has 1 rings (SSSR count). The smallest absolute Gasteiger partial charge is 0.205 e. The summed E-state index contributed by atoms with van der Waals surface area (Å²) in [6.45, 7) is 8.11. The minimum absolute atomic E-state index is 0.151. The number of halogens is 1. The Morgan fingerprint density at radius 3 is 1.38 bits per heavy atom. The van der Waals surface area contributed by atoms with Gasteiger partial charge in [-0.05, 0) is 6.42 Å². The van der Waals surface area contributed by atoms with E-state index in [1.807, 2.05) is 27.7 Å². The second kappa shape index (κ2) is 4.93. The van der Waals surface area contributed by atoms with Gasteiger partial charge in [-0.1, -0.05) is 0 Å². The molecule has 0 N–H and O–H groups in total. The van der Waals surface area contributed by atoms with Crippen LogP contribution >= 0.6 is 0 Å². The summed E-state index contributed by atoms with van der Waals surface area (Å²) in [6.07, 6.45) is 3.23. The number of nitroso groups, excluding NO2 is 1. The lowest BCUT2D eigenvalue weighted by atomic mass is 9.83. The number of hydrogen-bond acceptors (Lipinski definition) is 5. The summed E-state index contributed by atoms with van der Waals surface area (Å²) >= 11 is 0. The highest BCUT2D eigenvalue weighted by molar-refractivity contribution is 4.80. The van der Waals surface area contributed by atoms with Crippen LogP contribution in [0.2, 0.25) is 0 Å². The summed E-state index contributed by atoms with van der Waals surface area (Å²) in [5, 5.41) is 0. The van der Waals surface area contributed by atoms with E-state index >= 15 is 0 Å². The average Bonchev–Trinajstić information content (AvgIpc) is 1.96. The zero-order valence-electron chi connectivity index (χ0n) is 9.99. The Hall–Kier alpha value is -0.270. The molecule has 0 spiro atoms. The predicted octanol–water partition coefficient (Wildman–Crippen LogP) is -2.25. The van der Waals surface area contributed by atoms with Gasteiger partial charge in [-0.15, -0.1) is 10.2 Å². The first-order chi connectivity index (χ1) is 6.86. The highest BCUT2D eigenvalue weighted by Crippen LogP contribution is 2.33. The second-order valence-corrected chi connectivity index (χ2v) is 5.91. The van der Waals surface area contributed by atoms with Crippen LogP contribution in [0.15, 0.2) is 0 Å². The summed E-state index contributed by atoms with van der Waals surface area (Å²) in [6, 6.07) is 0. The van der Waals surface area contributed by atoms with Crippen LogP contribution in [0.1, 0.15) is 47.0 Å². The van der Waals surface area contributed by atoms with Crippen molar-refractivity contribution in [1.82, 2.24) is 0 Å². The first-order valence-corrected chi connectivity index (χ1v) is 6.19. The molecule has 7 heteroatoms. The standard InChI is InChI=1S/C9H18NO.ClHO4/c1-8(2)6-5-7-9(3,4)10(8)11;2-1(3,4)5/h5-7H2,1-4H3;(H,2,3,4,5)/q+1;/p-1. The van der Waals surface area contributed by atoms with Crippen LogP contribution in [0.25, 0.3) is 0 Å². The van der Waals surface area contributed by atoms with Gasteiger partial charge in [-0.25, -0.2) is 18.6 Å². The molecular formula is C9H18ClNO5. The SMILES string of the molecule is CC1(C)CCCC(C)(C)[N+]1=O.[O-][Cl+3]([O-])([O-])[O-]. The van der Waals surface area contributed by atoms with Crippen molar-refractivity contribution >= 4 is 0 Å². The topological polar surface area (TPSA) is 112 Å². The van der Waals surface area contributed by atoms with Gasteiger partial charge < -0.3 is 0 Å². The Morgan fingerprint density at radius 2 is 1.19 bits per heavy atom. The van der Waals surface area contributed by atoms with Crippen LogP contribution in [0.5, 0.6) is 0 Å². The molecule has 16 heavy (non-hydrogen) atoms. The molecule has 0 aromatic carbocycles. The van der Waals surface area contributed by atoms with Gasteiger partial charge in [0.25, 0.3) is 0 Å². The van der Waals surface area contributed by atoms with E-state index in [0.717, 1.165) is 12.8 Å². The molecule has 96 valence electrons. The van der Waals surface area contributed by atoms with Gasteiger partial charge in [-0.3, -0.25) is 0 Å². The molecule has 0 atom stereocenters. The Morgan fingerprint density at radius 1 is 0.938 bits per heavy atom. The molecule has 0 saturated carbocycles. The molecule has 1 saturated heterocycles. The van der Waals surface area contributed by atoms with E-state index in [1.165, 1.54) is 11.2 Å². The second-order valence-electron chi connectivity index (χ2n) is 5.15. The van der Waals surface area contributed by atoms with Crippen molar-refractivity contribution in [3.63, 3.8) is 0 Å². The van der Waals surface area contributed by atoms with E-state index < -0.39 is 10.2 Å². The fourth-order valence-electron chi connectivity index (χ4n) is 1.98. The third kappa shape index (κ3) is 5.72. The first-order valence-electron chi connectivity index (χ1n) is 4.95. The Bertz CT molecular complexity index is 235. The van der Waals surface area contributed by atoms with E-state index in [-0.39, 0.29) is 11.1 Å². The maximum atomic E-state index is 11.7. The van der Waals surface area contributed by atoms with Gasteiger partial charge in [0.2, 0.25) is 11.1 Å². The minimum Gasteiger partial charge on any atom is -0.222 e. The molecule has 0 unspecified atom stereocenters. The Kier molecular flexibility index (Phi) is 4.85. The molecule has 1 aliphatic rings. The van der Waals surface area contributed by atoms with Crippen molar-refractivity contribution in [3.8, 4) is 0 Å². The van der Waals surface area contributed by atoms with E-state index in [2.05, 4.69) is 0 Å². The lowest BCUT2D eigenvalue weighted by molar-refractivity contribution is -2.00. The maximum Gasteiger partial charge on any atom is 0.205 e. The van der Waals surface area contributed by atoms with Crippen molar-refractivity contribution in [2.45, 2.75) is 58.0 Å². The number of nitrogens with zero attached hydrogens (tertiary/aromatic N) is 1. The van der Waals surface area contributed by atoms with Crippen LogP contribution < -0.4 is 18.6 Å². The molecule has 0 aromatic rings. The number of rotatable bonds is 0. The predicted molar refractivity (Wildman–Crippen MR) is 45.6 cm³/mol. The summed E-state index contributed by atoms with van der Waals surface area (Å²) in [5.41, 5.74) is -0.302. The first kappa shape index (κ1) is 15.7. The molecule has 1 aliphatic heterocycles. The number of hydrogen-bond donors (Lipinski definition) is 0. The van der Waals surface area contributed by atoms with Crippen molar-refractivity contribution in [2.75, 3.05) is 0 Å². The fourth-order valence-corrected chi connectivity index (χ4v) is 1.98. The fraction of sp³-hybridized carbons (Fsp3) is 1.00. The highest BCUT2D eigenvalue weighted by atomic mass is 35.7. The Labute approximate surface area is 97.2 Å². The third-order valence-electron chi connectivity index (χ3n) is 2.68. The zero-order chi connectivity index (χ0) is 13.2. The molecule has 0 radical (unpaired) electrons. The molecule has 1 heterocycles. The summed E-state index contributed by atoms with van der Waals surface area (Å²) < 4.78 is 35.2. The van der Waals surface area contributed by atoms with E-state index in [0.29, 0.717) is 0 Å². The van der Waals surface area contributed by atoms with Crippen LogP contribution in [-0.2, 0) is 0 Å². The largest absolute Gasteiger partial charge is 0.222 e. The van der Waals surface area contributed by atoms with Crippen LogP contribution in [0, 0.1) is 15.2 Å². The van der Waals surface area contributed by atoms with Crippen molar-refractivity contribution in [3.05, 3.63) is 4.91 Å². The van der Waals surface area contributed by atoms with Crippen LogP contribution in [0.3, 0.4) is 0 Å². The molecular weight excluding hydrogens is 238 g/mol.